The molecule has 3 aliphatic heterocycles. The third-order valence-electron chi connectivity index (χ3n) is 12.3. The summed E-state index contributed by atoms with van der Waals surface area (Å²) in [6.07, 6.45) is 4.24. The maximum absolute atomic E-state index is 14.5. The van der Waals surface area contributed by atoms with E-state index in [0.29, 0.717) is 43.9 Å². The SMILES string of the molecule is CCn1c(-c2cccnc2[C@H](C)OC)c2c3cc(ccc31)-c1csc(n1)C[C@H](NC(=O)[C@H](C(C)C)N(C)C(=O)N1CC[C@@H]1C)C(=O)N1CCC[C@H](N1)C(=O)OCC(C)(C)C2. The molecular formula is C45H60N8O6S. The number of hydrogen-bond acceptors (Lipinski definition) is 10. The zero-order valence-corrected chi connectivity index (χ0v) is 37.2. The molecule has 322 valence electrons. The highest BCUT2D eigenvalue weighted by atomic mass is 32.1. The van der Waals surface area contributed by atoms with Gasteiger partial charge < -0.3 is 29.2 Å². The van der Waals surface area contributed by atoms with Gasteiger partial charge in [-0.2, -0.15) is 0 Å². The first-order valence-corrected chi connectivity index (χ1v) is 22.2. The first-order chi connectivity index (χ1) is 28.6. The maximum atomic E-state index is 14.5. The van der Waals surface area contributed by atoms with Crippen molar-refractivity contribution in [3.63, 3.8) is 0 Å². The number of thiazole rings is 1. The number of esters is 1. The van der Waals surface area contributed by atoms with E-state index in [1.54, 1.807) is 25.3 Å². The molecule has 2 N–H and O–H groups in total. The number of fused-ring (bicyclic) bond motifs is 6. The molecule has 5 atom stereocenters. The van der Waals surface area contributed by atoms with Crippen LogP contribution in [0.25, 0.3) is 33.4 Å². The Morgan fingerprint density at radius 2 is 1.93 bits per heavy atom. The number of benzene rings is 1. The van der Waals surface area contributed by atoms with E-state index in [2.05, 4.69) is 60.3 Å². The Hall–Kier alpha value is -4.86. The molecule has 3 aliphatic rings. The molecule has 6 bridgehead atoms. The average Bonchev–Trinajstić information content (AvgIpc) is 3.82. The van der Waals surface area contributed by atoms with Crippen LogP contribution in [0.3, 0.4) is 0 Å². The molecule has 3 aromatic heterocycles. The molecule has 2 saturated heterocycles. The topological polar surface area (TPSA) is 151 Å². The first-order valence-electron chi connectivity index (χ1n) is 21.3. The minimum atomic E-state index is -1.03. The number of ether oxygens (including phenoxy) is 2. The summed E-state index contributed by atoms with van der Waals surface area (Å²) in [6.45, 7) is 16.0. The predicted molar refractivity (Wildman–Crippen MR) is 232 cm³/mol. The molecule has 0 saturated carbocycles. The Morgan fingerprint density at radius 3 is 2.62 bits per heavy atom. The number of hydrogen-bond donors (Lipinski definition) is 2. The molecule has 4 aromatic rings. The predicted octanol–water partition coefficient (Wildman–Crippen LogP) is 6.37. The second kappa shape index (κ2) is 17.6. The van der Waals surface area contributed by atoms with Crippen LogP contribution >= 0.6 is 11.3 Å². The number of nitrogens with zero attached hydrogens (tertiary/aromatic N) is 6. The average molecular weight is 841 g/mol. The zero-order valence-electron chi connectivity index (χ0n) is 36.4. The number of aryl methyl sites for hydroxylation is 1. The van der Waals surface area contributed by atoms with Crippen molar-refractivity contribution in [1.82, 2.24) is 40.1 Å². The maximum Gasteiger partial charge on any atom is 0.324 e. The van der Waals surface area contributed by atoms with E-state index in [1.165, 1.54) is 21.2 Å². The van der Waals surface area contributed by atoms with E-state index in [9.17, 15) is 19.2 Å². The number of rotatable bonds is 8. The lowest BCUT2D eigenvalue weighted by atomic mass is 9.84. The van der Waals surface area contributed by atoms with Crippen LogP contribution in [0, 0.1) is 11.3 Å². The van der Waals surface area contributed by atoms with E-state index >= 15 is 0 Å². The molecule has 1 aromatic carbocycles. The molecule has 6 heterocycles. The van der Waals surface area contributed by atoms with Crippen molar-refractivity contribution in [3.05, 3.63) is 58.2 Å². The van der Waals surface area contributed by atoms with Crippen LogP contribution in [-0.4, -0.2) is 111 Å². The lowest BCUT2D eigenvalue weighted by Gasteiger charge is -2.43. The molecular weight excluding hydrogens is 781 g/mol. The van der Waals surface area contributed by atoms with Gasteiger partial charge in [0.05, 0.1) is 34.8 Å². The van der Waals surface area contributed by atoms with Crippen molar-refractivity contribution in [2.24, 2.45) is 11.3 Å². The summed E-state index contributed by atoms with van der Waals surface area (Å²) in [5.41, 5.74) is 9.41. The number of carbonyl (C=O) groups is 4. The van der Waals surface area contributed by atoms with Gasteiger partial charge in [0, 0.05) is 85.3 Å². The van der Waals surface area contributed by atoms with E-state index in [4.69, 9.17) is 19.4 Å². The number of carbonyl (C=O) groups excluding carboxylic acids is 4. The molecule has 15 heteroatoms. The summed E-state index contributed by atoms with van der Waals surface area (Å²) in [6, 6.07) is 7.76. The Bertz CT molecular complexity index is 2250. The lowest BCUT2D eigenvalue weighted by Crippen LogP contribution is -2.63. The monoisotopic (exact) mass is 840 g/mol. The third kappa shape index (κ3) is 8.53. The van der Waals surface area contributed by atoms with Gasteiger partial charge in [-0.25, -0.2) is 15.2 Å². The molecule has 0 aliphatic carbocycles. The summed E-state index contributed by atoms with van der Waals surface area (Å²) < 4.78 is 14.2. The van der Waals surface area contributed by atoms with E-state index in [-0.39, 0.29) is 43.0 Å². The molecule has 2 fully saturated rings. The Balaban J connectivity index is 1.30. The number of likely N-dealkylation sites (N-methyl/N-ethyl adjacent to an activating group) is 1. The molecule has 7 rings (SSSR count). The number of nitrogens with one attached hydrogen (secondary N) is 2. The highest BCUT2D eigenvalue weighted by Crippen LogP contribution is 2.42. The van der Waals surface area contributed by atoms with Crippen molar-refractivity contribution in [3.8, 4) is 22.5 Å². The second-order valence-corrected chi connectivity index (χ2v) is 18.6. The lowest BCUT2D eigenvalue weighted by molar-refractivity contribution is -0.155. The highest BCUT2D eigenvalue weighted by Gasteiger charge is 2.40. The van der Waals surface area contributed by atoms with Gasteiger partial charge >= 0.3 is 12.0 Å². The van der Waals surface area contributed by atoms with Gasteiger partial charge in [-0.15, -0.1) is 11.3 Å². The summed E-state index contributed by atoms with van der Waals surface area (Å²) in [7, 11) is 3.34. The second-order valence-electron chi connectivity index (χ2n) is 17.7. The quantitative estimate of drug-likeness (QED) is 0.193. The van der Waals surface area contributed by atoms with Gasteiger partial charge in [0.2, 0.25) is 5.91 Å². The molecule has 60 heavy (non-hydrogen) atoms. The molecule has 0 spiro atoms. The van der Waals surface area contributed by atoms with Crippen LogP contribution < -0.4 is 10.7 Å². The fourth-order valence-corrected chi connectivity index (χ4v) is 9.72. The Morgan fingerprint density at radius 1 is 1.15 bits per heavy atom. The van der Waals surface area contributed by atoms with Crippen LogP contribution in [-0.2, 0) is 43.2 Å². The van der Waals surface area contributed by atoms with Gasteiger partial charge in [-0.05, 0) is 82.2 Å². The summed E-state index contributed by atoms with van der Waals surface area (Å²) in [4.78, 5) is 69.1. The normalized spacial score (nSPS) is 21.9. The minimum absolute atomic E-state index is 0.105. The summed E-state index contributed by atoms with van der Waals surface area (Å²) in [5, 5.41) is 8.20. The molecule has 14 nitrogen and oxygen atoms in total. The van der Waals surface area contributed by atoms with Crippen LogP contribution in [0.5, 0.6) is 0 Å². The van der Waals surface area contributed by atoms with Crippen LogP contribution in [0.2, 0.25) is 0 Å². The number of urea groups is 1. The molecule has 0 radical (unpaired) electrons. The highest BCUT2D eigenvalue weighted by molar-refractivity contribution is 7.10. The van der Waals surface area contributed by atoms with Crippen molar-refractivity contribution >= 4 is 46.1 Å². The number of hydrazine groups is 1. The third-order valence-corrected chi connectivity index (χ3v) is 13.2. The Labute approximate surface area is 357 Å². The number of likely N-dealkylation sites (tertiary alicyclic amines) is 1. The van der Waals surface area contributed by atoms with E-state index < -0.39 is 35.4 Å². The number of amides is 4. The zero-order chi connectivity index (χ0) is 43.0. The standard InChI is InChI=1S/C45H60N8O6S/c1-10-51-36-16-15-29-21-31(36)32(40(51)30-13-11-18-46-38(30)28(5)58-9)23-45(6,7)25-59-43(56)33-14-12-19-53(49-33)42(55)34(22-37-47-35(29)24-60-37)48-41(54)39(26(2)3)50(8)44(57)52-20-17-27(52)4/h11,13,15-16,18,21,24,26-28,33-34,39,49H,10,12,14,17,19-20,22-23,25H2,1-9H3,(H,48,54)/t27-,28-,33-,34-,39-/m0/s1. The van der Waals surface area contributed by atoms with E-state index in [1.807, 2.05) is 39.1 Å². The van der Waals surface area contributed by atoms with Crippen molar-refractivity contribution in [2.75, 3.05) is 33.9 Å². The fourth-order valence-electron chi connectivity index (χ4n) is 8.87. The van der Waals surface area contributed by atoms with Crippen LogP contribution in [0.4, 0.5) is 4.79 Å². The number of pyridine rings is 1. The van der Waals surface area contributed by atoms with Crippen molar-refractivity contribution in [2.45, 2.75) is 117 Å². The van der Waals surface area contributed by atoms with E-state index in [0.717, 1.165) is 51.1 Å². The Kier molecular flexibility index (Phi) is 12.7. The van der Waals surface area contributed by atoms with Gasteiger partial charge in [-0.1, -0.05) is 33.8 Å². The largest absolute Gasteiger partial charge is 0.464 e. The van der Waals surface area contributed by atoms with Crippen molar-refractivity contribution in [1.29, 1.82) is 0 Å². The first kappa shape index (κ1) is 43.2. The van der Waals surface area contributed by atoms with Crippen LogP contribution in [0.15, 0.2) is 41.9 Å². The number of cyclic esters (lactones) is 1. The fraction of sp³-hybridized carbons (Fsp3) is 0.556. The summed E-state index contributed by atoms with van der Waals surface area (Å²) in [5.74, 6) is -1.48. The van der Waals surface area contributed by atoms with Gasteiger partial charge in [-0.3, -0.25) is 24.4 Å². The van der Waals surface area contributed by atoms with Crippen molar-refractivity contribution < 1.29 is 28.7 Å². The summed E-state index contributed by atoms with van der Waals surface area (Å²) >= 11 is 1.43. The molecule has 0 unspecified atom stereocenters. The molecule has 4 amide bonds. The van der Waals surface area contributed by atoms with Gasteiger partial charge in [0.25, 0.3) is 5.91 Å². The number of methoxy groups -OCH3 is 1. The number of aromatic nitrogens is 3. The minimum Gasteiger partial charge on any atom is -0.464 e. The van der Waals surface area contributed by atoms with Gasteiger partial charge in [0.15, 0.2) is 0 Å². The van der Waals surface area contributed by atoms with Crippen LogP contribution in [0.1, 0.15) is 90.1 Å². The smallest absolute Gasteiger partial charge is 0.324 e. The van der Waals surface area contributed by atoms with Gasteiger partial charge in [0.1, 0.15) is 18.1 Å².